The maximum absolute atomic E-state index is 6.43. The van der Waals surface area contributed by atoms with Gasteiger partial charge in [0, 0.05) is 3.57 Å². The van der Waals surface area contributed by atoms with Crippen molar-refractivity contribution in [2.45, 2.75) is 12.3 Å². The summed E-state index contributed by atoms with van der Waals surface area (Å²) in [6.45, 7) is 2.08. The summed E-state index contributed by atoms with van der Waals surface area (Å²) in [5, 5.41) is -0.0578. The average Bonchev–Trinajstić information content (AvgIpc) is 2.30. The Morgan fingerprint density at radius 2 is 1.31 bits per heavy atom. The minimum atomic E-state index is -0.0578. The Labute approximate surface area is 115 Å². The van der Waals surface area contributed by atoms with Crippen LogP contribution in [0, 0.1) is 10.5 Å². The lowest BCUT2D eigenvalue weighted by Crippen LogP contribution is -1.93. The maximum Gasteiger partial charge on any atom is 0.0835 e. The van der Waals surface area contributed by atoms with Gasteiger partial charge in [0.2, 0.25) is 0 Å². The quantitative estimate of drug-likeness (QED) is 0.536. The Morgan fingerprint density at radius 3 is 1.81 bits per heavy atom. The second kappa shape index (κ2) is 5.19. The molecule has 1 atom stereocenters. The van der Waals surface area contributed by atoms with Crippen molar-refractivity contribution < 1.29 is 0 Å². The first kappa shape index (κ1) is 11.9. The van der Waals surface area contributed by atoms with Crippen molar-refractivity contribution in [1.82, 2.24) is 0 Å². The lowest BCUT2D eigenvalue weighted by atomic mass is 10.0. The van der Waals surface area contributed by atoms with Gasteiger partial charge in [-0.3, -0.25) is 0 Å². The highest BCUT2D eigenvalue weighted by atomic mass is 127. The second-order valence-corrected chi connectivity index (χ2v) is 5.51. The molecule has 0 aliphatic carbocycles. The number of aryl methyl sites for hydroxylation is 1. The molecule has 0 N–H and O–H groups in total. The van der Waals surface area contributed by atoms with Crippen LogP contribution in [0.5, 0.6) is 0 Å². The van der Waals surface area contributed by atoms with Crippen molar-refractivity contribution in [2.24, 2.45) is 0 Å². The molecule has 2 aromatic carbocycles. The van der Waals surface area contributed by atoms with Gasteiger partial charge < -0.3 is 0 Å². The minimum absolute atomic E-state index is 0.0578. The van der Waals surface area contributed by atoms with Crippen LogP contribution in [0.25, 0.3) is 0 Å². The lowest BCUT2D eigenvalue weighted by Gasteiger charge is -2.10. The highest BCUT2D eigenvalue weighted by Gasteiger charge is 2.09. The van der Waals surface area contributed by atoms with E-state index in [2.05, 4.69) is 78.0 Å². The molecule has 0 fully saturated rings. The fourth-order valence-corrected chi connectivity index (χ4v) is 2.21. The van der Waals surface area contributed by atoms with Crippen molar-refractivity contribution in [2.75, 3.05) is 0 Å². The van der Waals surface area contributed by atoms with Gasteiger partial charge in [0.1, 0.15) is 0 Å². The highest BCUT2D eigenvalue weighted by Crippen LogP contribution is 2.29. The molecule has 0 saturated carbocycles. The van der Waals surface area contributed by atoms with Gasteiger partial charge in [0.25, 0.3) is 0 Å². The van der Waals surface area contributed by atoms with E-state index in [0.717, 1.165) is 11.1 Å². The van der Waals surface area contributed by atoms with Gasteiger partial charge >= 0.3 is 0 Å². The van der Waals surface area contributed by atoms with E-state index in [1.807, 2.05) is 0 Å². The molecule has 0 saturated heterocycles. The molecular weight excluding hydrogens is 331 g/mol. The van der Waals surface area contributed by atoms with Gasteiger partial charge in [-0.25, -0.2) is 0 Å². The Morgan fingerprint density at radius 1 is 0.875 bits per heavy atom. The minimum Gasteiger partial charge on any atom is -0.113 e. The molecular formula is C14H12ClI. The van der Waals surface area contributed by atoms with Gasteiger partial charge in [0.05, 0.1) is 5.38 Å². The van der Waals surface area contributed by atoms with Crippen molar-refractivity contribution in [3.8, 4) is 0 Å². The summed E-state index contributed by atoms with van der Waals surface area (Å²) in [7, 11) is 0. The number of rotatable bonds is 2. The van der Waals surface area contributed by atoms with Gasteiger partial charge in [-0.15, -0.1) is 11.6 Å². The van der Waals surface area contributed by atoms with E-state index >= 15 is 0 Å². The fourth-order valence-electron chi connectivity index (χ4n) is 1.56. The molecule has 2 aromatic rings. The van der Waals surface area contributed by atoms with E-state index in [9.17, 15) is 0 Å². The molecule has 0 heterocycles. The molecule has 0 radical (unpaired) electrons. The molecule has 16 heavy (non-hydrogen) atoms. The number of benzene rings is 2. The van der Waals surface area contributed by atoms with Crippen LogP contribution in [0.2, 0.25) is 0 Å². The summed E-state index contributed by atoms with van der Waals surface area (Å²) < 4.78 is 1.23. The smallest absolute Gasteiger partial charge is 0.0835 e. The summed E-state index contributed by atoms with van der Waals surface area (Å²) >= 11 is 8.73. The first-order chi connectivity index (χ1) is 7.66. The molecule has 0 aliphatic heterocycles. The van der Waals surface area contributed by atoms with Crippen LogP contribution in [0.15, 0.2) is 48.5 Å². The van der Waals surface area contributed by atoms with Crippen LogP contribution in [0.3, 0.4) is 0 Å². The molecule has 2 rings (SSSR count). The summed E-state index contributed by atoms with van der Waals surface area (Å²) in [6.07, 6.45) is 0. The number of alkyl halides is 1. The Kier molecular flexibility index (Phi) is 3.87. The van der Waals surface area contributed by atoms with Crippen LogP contribution >= 0.6 is 34.2 Å². The van der Waals surface area contributed by atoms with E-state index in [1.54, 1.807) is 0 Å². The standard InChI is InChI=1S/C14H12ClI/c1-10-2-4-11(5-3-10)14(15)12-6-8-13(16)9-7-12/h2-9,14H,1H3. The van der Waals surface area contributed by atoms with Gasteiger partial charge in [-0.1, -0.05) is 42.0 Å². The zero-order chi connectivity index (χ0) is 11.5. The molecule has 0 aliphatic rings. The predicted molar refractivity (Wildman–Crippen MR) is 78.0 cm³/mol. The SMILES string of the molecule is Cc1ccc(C(Cl)c2ccc(I)cc2)cc1. The van der Waals surface area contributed by atoms with Crippen molar-refractivity contribution in [1.29, 1.82) is 0 Å². The Balaban J connectivity index is 2.28. The van der Waals surface area contributed by atoms with Crippen LogP contribution in [-0.4, -0.2) is 0 Å². The molecule has 1 unspecified atom stereocenters. The number of hydrogen-bond acceptors (Lipinski definition) is 0. The monoisotopic (exact) mass is 342 g/mol. The second-order valence-electron chi connectivity index (χ2n) is 3.82. The van der Waals surface area contributed by atoms with Gasteiger partial charge in [-0.05, 0) is 52.8 Å². The summed E-state index contributed by atoms with van der Waals surface area (Å²) in [5.41, 5.74) is 3.55. The molecule has 0 nitrogen and oxygen atoms in total. The predicted octanol–water partition coefficient (Wildman–Crippen LogP) is 4.93. The summed E-state index contributed by atoms with van der Waals surface area (Å²) in [5.74, 6) is 0. The largest absolute Gasteiger partial charge is 0.113 e. The molecule has 0 amide bonds. The fraction of sp³-hybridized carbons (Fsp3) is 0.143. The van der Waals surface area contributed by atoms with E-state index in [0.29, 0.717) is 0 Å². The van der Waals surface area contributed by atoms with E-state index in [1.165, 1.54) is 9.13 Å². The number of hydrogen-bond donors (Lipinski definition) is 0. The van der Waals surface area contributed by atoms with E-state index in [-0.39, 0.29) is 5.38 Å². The number of halogens is 2. The first-order valence-electron chi connectivity index (χ1n) is 5.13. The molecule has 0 bridgehead atoms. The molecule has 82 valence electrons. The third-order valence-corrected chi connectivity index (χ3v) is 3.76. The highest BCUT2D eigenvalue weighted by molar-refractivity contribution is 14.1. The molecule has 2 heteroatoms. The van der Waals surface area contributed by atoms with Crippen molar-refractivity contribution >= 4 is 34.2 Å². The third kappa shape index (κ3) is 2.77. The van der Waals surface area contributed by atoms with Crippen molar-refractivity contribution in [3.05, 3.63) is 68.8 Å². The average molecular weight is 343 g/mol. The summed E-state index contributed by atoms with van der Waals surface area (Å²) in [4.78, 5) is 0. The maximum atomic E-state index is 6.43. The Bertz CT molecular complexity index is 414. The molecule has 0 aromatic heterocycles. The van der Waals surface area contributed by atoms with Crippen LogP contribution in [0.1, 0.15) is 22.1 Å². The zero-order valence-electron chi connectivity index (χ0n) is 8.95. The van der Waals surface area contributed by atoms with Crippen LogP contribution in [-0.2, 0) is 0 Å². The van der Waals surface area contributed by atoms with Gasteiger partial charge in [0.15, 0.2) is 0 Å². The normalized spacial score (nSPS) is 12.4. The van der Waals surface area contributed by atoms with E-state index < -0.39 is 0 Å². The lowest BCUT2D eigenvalue weighted by molar-refractivity contribution is 1.13. The Hall–Kier alpha value is -0.540. The van der Waals surface area contributed by atoms with Crippen LogP contribution in [0.4, 0.5) is 0 Å². The topological polar surface area (TPSA) is 0 Å². The third-order valence-electron chi connectivity index (χ3n) is 2.53. The molecule has 0 spiro atoms. The first-order valence-corrected chi connectivity index (χ1v) is 6.64. The van der Waals surface area contributed by atoms with Crippen LogP contribution < -0.4 is 0 Å². The van der Waals surface area contributed by atoms with E-state index in [4.69, 9.17) is 11.6 Å². The summed E-state index contributed by atoms with van der Waals surface area (Å²) in [6, 6.07) is 16.7. The van der Waals surface area contributed by atoms with Gasteiger partial charge in [-0.2, -0.15) is 0 Å². The van der Waals surface area contributed by atoms with Crippen molar-refractivity contribution in [3.63, 3.8) is 0 Å². The zero-order valence-corrected chi connectivity index (χ0v) is 11.9.